The summed E-state index contributed by atoms with van der Waals surface area (Å²) in [7, 11) is 0. The molecular formula is C11H24N2. The Balaban J connectivity index is 4.66. The van der Waals surface area contributed by atoms with Gasteiger partial charge in [-0.3, -0.25) is 4.99 Å². The number of hydrogen-bond acceptors (Lipinski definition) is 1. The highest BCUT2D eigenvalue weighted by atomic mass is 14.9. The van der Waals surface area contributed by atoms with Crippen molar-refractivity contribution in [1.29, 1.82) is 0 Å². The molecular weight excluding hydrogens is 160 g/mol. The number of nitrogens with zero attached hydrogens (tertiary/aromatic N) is 1. The Kier molecular flexibility index (Phi) is 5.04. The standard InChI is InChI=1S/C11H24N2/c1-6-11(7-2,8-3)13-10(12)9(4)5/h9H,6-8H2,1-5H3,(H2,12,13). The Bertz CT molecular complexity index is 159. The molecule has 2 N–H and O–H groups in total. The molecule has 0 atom stereocenters. The van der Waals surface area contributed by atoms with Crippen LogP contribution in [-0.4, -0.2) is 11.4 Å². The van der Waals surface area contributed by atoms with Crippen LogP contribution in [0.1, 0.15) is 53.9 Å². The van der Waals surface area contributed by atoms with Gasteiger partial charge in [-0.2, -0.15) is 0 Å². The minimum atomic E-state index is 0.0916. The molecule has 0 amide bonds. The molecule has 0 aliphatic heterocycles. The number of hydrogen-bond donors (Lipinski definition) is 1. The van der Waals surface area contributed by atoms with Crippen LogP contribution in [0, 0.1) is 5.92 Å². The van der Waals surface area contributed by atoms with Crippen LogP contribution < -0.4 is 5.73 Å². The molecule has 0 aromatic heterocycles. The predicted octanol–water partition coefficient (Wildman–Crippen LogP) is 2.97. The van der Waals surface area contributed by atoms with Gasteiger partial charge in [0.2, 0.25) is 0 Å². The summed E-state index contributed by atoms with van der Waals surface area (Å²) in [6.07, 6.45) is 3.23. The van der Waals surface area contributed by atoms with Gasteiger partial charge >= 0.3 is 0 Å². The highest BCUT2D eigenvalue weighted by Crippen LogP contribution is 2.24. The summed E-state index contributed by atoms with van der Waals surface area (Å²) in [5, 5.41) is 0. The molecule has 0 aliphatic rings. The van der Waals surface area contributed by atoms with Crippen molar-refractivity contribution in [2.45, 2.75) is 59.4 Å². The number of rotatable bonds is 5. The zero-order chi connectivity index (χ0) is 10.5. The molecule has 2 heteroatoms. The van der Waals surface area contributed by atoms with Crippen molar-refractivity contribution in [3.63, 3.8) is 0 Å². The van der Waals surface area contributed by atoms with Crippen molar-refractivity contribution in [3.05, 3.63) is 0 Å². The largest absolute Gasteiger partial charge is 0.387 e. The van der Waals surface area contributed by atoms with E-state index in [4.69, 9.17) is 5.73 Å². The highest BCUT2D eigenvalue weighted by molar-refractivity contribution is 5.82. The third-order valence-corrected chi connectivity index (χ3v) is 2.93. The summed E-state index contributed by atoms with van der Waals surface area (Å²) in [5.41, 5.74) is 5.97. The van der Waals surface area contributed by atoms with Gasteiger partial charge in [0.25, 0.3) is 0 Å². The van der Waals surface area contributed by atoms with E-state index in [0.717, 1.165) is 25.1 Å². The number of nitrogens with two attached hydrogens (primary N) is 1. The van der Waals surface area contributed by atoms with Gasteiger partial charge in [-0.1, -0.05) is 34.6 Å². The van der Waals surface area contributed by atoms with Gasteiger partial charge in [-0.05, 0) is 19.3 Å². The molecule has 0 heterocycles. The van der Waals surface area contributed by atoms with Crippen LogP contribution in [0.4, 0.5) is 0 Å². The lowest BCUT2D eigenvalue weighted by atomic mass is 9.90. The second-order valence-electron chi connectivity index (χ2n) is 3.98. The Hall–Kier alpha value is -0.530. The number of amidine groups is 1. The molecule has 0 fully saturated rings. The molecule has 0 rings (SSSR count). The van der Waals surface area contributed by atoms with Crippen LogP contribution in [0.3, 0.4) is 0 Å². The molecule has 0 aromatic carbocycles. The van der Waals surface area contributed by atoms with E-state index < -0.39 is 0 Å². The lowest BCUT2D eigenvalue weighted by molar-refractivity contribution is 0.384. The van der Waals surface area contributed by atoms with Crippen molar-refractivity contribution >= 4 is 5.84 Å². The smallest absolute Gasteiger partial charge is 0.0969 e. The summed E-state index contributed by atoms with van der Waals surface area (Å²) in [6, 6.07) is 0. The molecule has 0 aliphatic carbocycles. The molecule has 78 valence electrons. The van der Waals surface area contributed by atoms with Gasteiger partial charge in [0, 0.05) is 5.92 Å². The fourth-order valence-corrected chi connectivity index (χ4v) is 1.39. The molecule has 0 saturated carbocycles. The molecule has 0 saturated heterocycles. The van der Waals surface area contributed by atoms with Crippen LogP contribution in [0.5, 0.6) is 0 Å². The molecule has 13 heavy (non-hydrogen) atoms. The zero-order valence-corrected chi connectivity index (χ0v) is 9.72. The van der Waals surface area contributed by atoms with E-state index in [0.29, 0.717) is 5.92 Å². The van der Waals surface area contributed by atoms with Gasteiger partial charge in [0.05, 0.1) is 11.4 Å². The monoisotopic (exact) mass is 184 g/mol. The highest BCUT2D eigenvalue weighted by Gasteiger charge is 2.23. The van der Waals surface area contributed by atoms with E-state index in [-0.39, 0.29) is 5.54 Å². The van der Waals surface area contributed by atoms with Crippen molar-refractivity contribution in [2.24, 2.45) is 16.6 Å². The topological polar surface area (TPSA) is 38.4 Å². The van der Waals surface area contributed by atoms with E-state index in [1.807, 2.05) is 0 Å². The third kappa shape index (κ3) is 3.37. The van der Waals surface area contributed by atoms with Gasteiger partial charge in [0.15, 0.2) is 0 Å². The molecule has 0 bridgehead atoms. The maximum Gasteiger partial charge on any atom is 0.0969 e. The quantitative estimate of drug-likeness (QED) is 0.518. The van der Waals surface area contributed by atoms with E-state index in [1.54, 1.807) is 0 Å². The first-order valence-corrected chi connectivity index (χ1v) is 5.36. The van der Waals surface area contributed by atoms with Crippen LogP contribution in [0.2, 0.25) is 0 Å². The second-order valence-corrected chi connectivity index (χ2v) is 3.98. The Morgan fingerprint density at radius 2 is 1.54 bits per heavy atom. The maximum absolute atomic E-state index is 5.88. The molecule has 0 spiro atoms. The fraction of sp³-hybridized carbons (Fsp3) is 0.909. The normalized spacial score (nSPS) is 13.8. The molecule has 0 radical (unpaired) electrons. The molecule has 0 unspecified atom stereocenters. The van der Waals surface area contributed by atoms with E-state index in [2.05, 4.69) is 39.6 Å². The lowest BCUT2D eigenvalue weighted by Gasteiger charge is -2.27. The fourth-order valence-electron chi connectivity index (χ4n) is 1.39. The van der Waals surface area contributed by atoms with Crippen molar-refractivity contribution < 1.29 is 0 Å². The average molecular weight is 184 g/mol. The lowest BCUT2D eigenvalue weighted by Crippen LogP contribution is -2.30. The van der Waals surface area contributed by atoms with Gasteiger partial charge in [-0.15, -0.1) is 0 Å². The SMILES string of the molecule is CCC(CC)(CC)N=C(N)C(C)C. The summed E-state index contributed by atoms with van der Waals surface area (Å²) in [5.74, 6) is 1.16. The Morgan fingerprint density at radius 3 is 1.77 bits per heavy atom. The predicted molar refractivity (Wildman–Crippen MR) is 60.1 cm³/mol. The van der Waals surface area contributed by atoms with Crippen LogP contribution in [0.25, 0.3) is 0 Å². The first-order chi connectivity index (χ1) is 6.01. The number of aliphatic imine (C=N–C) groups is 1. The summed E-state index contributed by atoms with van der Waals surface area (Å²) < 4.78 is 0. The van der Waals surface area contributed by atoms with Gasteiger partial charge in [-0.25, -0.2) is 0 Å². The Labute approximate surface area is 82.6 Å². The molecule has 0 aromatic rings. The van der Waals surface area contributed by atoms with Crippen LogP contribution >= 0.6 is 0 Å². The zero-order valence-electron chi connectivity index (χ0n) is 9.72. The van der Waals surface area contributed by atoms with Gasteiger partial charge in [0.1, 0.15) is 0 Å². The van der Waals surface area contributed by atoms with Gasteiger partial charge < -0.3 is 5.73 Å². The van der Waals surface area contributed by atoms with E-state index >= 15 is 0 Å². The van der Waals surface area contributed by atoms with Crippen LogP contribution in [0.15, 0.2) is 4.99 Å². The minimum absolute atomic E-state index is 0.0916. The van der Waals surface area contributed by atoms with E-state index in [9.17, 15) is 0 Å². The van der Waals surface area contributed by atoms with Crippen LogP contribution in [-0.2, 0) is 0 Å². The molecule has 2 nitrogen and oxygen atoms in total. The maximum atomic E-state index is 5.88. The second kappa shape index (κ2) is 5.25. The van der Waals surface area contributed by atoms with Crippen molar-refractivity contribution in [3.8, 4) is 0 Å². The van der Waals surface area contributed by atoms with E-state index in [1.165, 1.54) is 0 Å². The summed E-state index contributed by atoms with van der Waals surface area (Å²) in [4.78, 5) is 4.66. The minimum Gasteiger partial charge on any atom is -0.387 e. The first-order valence-electron chi connectivity index (χ1n) is 5.36. The average Bonchev–Trinajstić information content (AvgIpc) is 2.14. The van der Waals surface area contributed by atoms with Crippen molar-refractivity contribution in [2.75, 3.05) is 0 Å². The summed E-state index contributed by atoms with van der Waals surface area (Å²) in [6.45, 7) is 10.7. The Morgan fingerprint density at radius 1 is 1.15 bits per heavy atom. The third-order valence-electron chi connectivity index (χ3n) is 2.93. The van der Waals surface area contributed by atoms with Crippen molar-refractivity contribution in [1.82, 2.24) is 0 Å². The summed E-state index contributed by atoms with van der Waals surface area (Å²) >= 11 is 0. The first kappa shape index (κ1) is 12.5.